The lowest BCUT2D eigenvalue weighted by Crippen LogP contribution is -2.19. The summed E-state index contributed by atoms with van der Waals surface area (Å²) in [6.07, 6.45) is 5.39. The molecule has 0 aliphatic rings. The van der Waals surface area contributed by atoms with Crippen molar-refractivity contribution in [1.82, 2.24) is 0 Å². The van der Waals surface area contributed by atoms with Crippen molar-refractivity contribution < 1.29 is 9.53 Å². The second kappa shape index (κ2) is 8.37. The third-order valence-corrected chi connectivity index (χ3v) is 2.57. The summed E-state index contributed by atoms with van der Waals surface area (Å²) in [5.74, 6) is 0.414. The summed E-state index contributed by atoms with van der Waals surface area (Å²) in [4.78, 5) is 11.4. The lowest BCUT2D eigenvalue weighted by molar-refractivity contribution is -0.145. The Kier molecular flexibility index (Phi) is 7.96. The Morgan fingerprint density at radius 2 is 1.88 bits per heavy atom. The first kappa shape index (κ1) is 15.2. The van der Waals surface area contributed by atoms with Gasteiger partial charge in [0.25, 0.3) is 0 Å². The van der Waals surface area contributed by atoms with Crippen LogP contribution in [0.1, 0.15) is 59.8 Å². The van der Waals surface area contributed by atoms with E-state index in [4.69, 9.17) is 4.74 Å². The molecule has 0 aromatic carbocycles. The zero-order chi connectivity index (χ0) is 12.6. The van der Waals surface area contributed by atoms with Crippen LogP contribution in [0, 0.1) is 5.92 Å². The Hall–Kier alpha value is -0.790. The van der Waals surface area contributed by atoms with Gasteiger partial charge in [-0.1, -0.05) is 40.2 Å². The minimum Gasteiger partial charge on any atom is -0.459 e. The summed E-state index contributed by atoms with van der Waals surface area (Å²) in [6.45, 7) is 11.8. The van der Waals surface area contributed by atoms with E-state index in [1.54, 1.807) is 6.92 Å². The number of unbranched alkanes of at least 4 members (excludes halogenated alkanes) is 1. The van der Waals surface area contributed by atoms with Crippen LogP contribution in [0.25, 0.3) is 0 Å². The Labute approximate surface area is 100 Å². The fourth-order valence-corrected chi connectivity index (χ4v) is 1.47. The van der Waals surface area contributed by atoms with E-state index in [1.807, 2.05) is 0 Å². The standard InChI is InChI=1S/C14H26O2/c1-6-7-8-13(10-9-11(2)3)16-14(15)12(4)5/h11,13H,4,6-10H2,1-3,5H3. The number of hydrogen-bond acceptors (Lipinski definition) is 2. The lowest BCUT2D eigenvalue weighted by atomic mass is 10.0. The van der Waals surface area contributed by atoms with E-state index >= 15 is 0 Å². The summed E-state index contributed by atoms with van der Waals surface area (Å²) in [6, 6.07) is 0. The van der Waals surface area contributed by atoms with E-state index in [2.05, 4.69) is 27.4 Å². The number of ether oxygens (including phenoxy) is 1. The molecule has 0 heterocycles. The van der Waals surface area contributed by atoms with Crippen LogP contribution in [-0.4, -0.2) is 12.1 Å². The van der Waals surface area contributed by atoms with Crippen LogP contribution in [-0.2, 0) is 9.53 Å². The number of rotatable bonds is 8. The van der Waals surface area contributed by atoms with Crippen LogP contribution in [0.4, 0.5) is 0 Å². The molecule has 0 aliphatic carbocycles. The number of esters is 1. The van der Waals surface area contributed by atoms with Gasteiger partial charge in [0, 0.05) is 5.57 Å². The maximum Gasteiger partial charge on any atom is 0.333 e. The van der Waals surface area contributed by atoms with Gasteiger partial charge in [-0.05, 0) is 32.1 Å². The zero-order valence-electron chi connectivity index (χ0n) is 11.2. The maximum absolute atomic E-state index is 11.4. The van der Waals surface area contributed by atoms with Gasteiger partial charge in [-0.2, -0.15) is 0 Å². The number of hydrogen-bond donors (Lipinski definition) is 0. The van der Waals surface area contributed by atoms with Crippen LogP contribution >= 0.6 is 0 Å². The molecule has 1 atom stereocenters. The molecular formula is C14H26O2. The Balaban J connectivity index is 4.08. The second-order valence-electron chi connectivity index (χ2n) is 4.92. The monoisotopic (exact) mass is 226 g/mol. The van der Waals surface area contributed by atoms with E-state index in [0.29, 0.717) is 11.5 Å². The molecular weight excluding hydrogens is 200 g/mol. The van der Waals surface area contributed by atoms with Crippen molar-refractivity contribution in [1.29, 1.82) is 0 Å². The highest BCUT2D eigenvalue weighted by atomic mass is 16.5. The van der Waals surface area contributed by atoms with Crippen molar-refractivity contribution in [3.05, 3.63) is 12.2 Å². The Morgan fingerprint density at radius 3 is 2.31 bits per heavy atom. The summed E-state index contributed by atoms with van der Waals surface area (Å²) in [5.41, 5.74) is 0.492. The highest BCUT2D eigenvalue weighted by Gasteiger charge is 2.14. The van der Waals surface area contributed by atoms with Gasteiger partial charge in [0.05, 0.1) is 0 Å². The van der Waals surface area contributed by atoms with Gasteiger partial charge >= 0.3 is 5.97 Å². The summed E-state index contributed by atoms with van der Waals surface area (Å²) in [7, 11) is 0. The first-order valence-corrected chi connectivity index (χ1v) is 6.33. The van der Waals surface area contributed by atoms with Gasteiger partial charge < -0.3 is 4.74 Å². The highest BCUT2D eigenvalue weighted by molar-refractivity contribution is 5.87. The van der Waals surface area contributed by atoms with Crippen LogP contribution in [0.3, 0.4) is 0 Å². The van der Waals surface area contributed by atoms with Crippen molar-refractivity contribution in [2.75, 3.05) is 0 Å². The molecule has 16 heavy (non-hydrogen) atoms. The summed E-state index contributed by atoms with van der Waals surface area (Å²) >= 11 is 0. The van der Waals surface area contributed by atoms with Crippen molar-refractivity contribution in [2.45, 2.75) is 65.9 Å². The predicted molar refractivity (Wildman–Crippen MR) is 68.3 cm³/mol. The van der Waals surface area contributed by atoms with E-state index < -0.39 is 0 Å². The summed E-state index contributed by atoms with van der Waals surface area (Å²) < 4.78 is 5.43. The molecule has 0 bridgehead atoms. The zero-order valence-corrected chi connectivity index (χ0v) is 11.2. The molecule has 0 aliphatic heterocycles. The fraction of sp³-hybridized carbons (Fsp3) is 0.786. The Morgan fingerprint density at radius 1 is 1.25 bits per heavy atom. The Bertz CT molecular complexity index is 219. The normalized spacial score (nSPS) is 12.6. The van der Waals surface area contributed by atoms with Gasteiger partial charge in [0.15, 0.2) is 0 Å². The smallest absolute Gasteiger partial charge is 0.333 e. The molecule has 2 heteroatoms. The van der Waals surface area contributed by atoms with E-state index in [0.717, 1.165) is 32.1 Å². The third kappa shape index (κ3) is 7.49. The van der Waals surface area contributed by atoms with Crippen LogP contribution in [0.15, 0.2) is 12.2 Å². The van der Waals surface area contributed by atoms with Crippen LogP contribution < -0.4 is 0 Å². The van der Waals surface area contributed by atoms with Crippen molar-refractivity contribution in [3.8, 4) is 0 Å². The van der Waals surface area contributed by atoms with Crippen LogP contribution in [0.5, 0.6) is 0 Å². The van der Waals surface area contributed by atoms with Crippen LogP contribution in [0.2, 0.25) is 0 Å². The maximum atomic E-state index is 11.4. The molecule has 0 fully saturated rings. The number of carbonyl (C=O) groups excluding carboxylic acids is 1. The molecule has 94 valence electrons. The molecule has 1 unspecified atom stereocenters. The molecule has 0 N–H and O–H groups in total. The topological polar surface area (TPSA) is 26.3 Å². The van der Waals surface area contributed by atoms with E-state index in [9.17, 15) is 4.79 Å². The van der Waals surface area contributed by atoms with Crippen molar-refractivity contribution in [3.63, 3.8) is 0 Å². The van der Waals surface area contributed by atoms with Gasteiger partial charge in [0.1, 0.15) is 6.10 Å². The average molecular weight is 226 g/mol. The minimum absolute atomic E-state index is 0.0755. The first-order valence-electron chi connectivity index (χ1n) is 6.33. The van der Waals surface area contributed by atoms with Crippen molar-refractivity contribution in [2.24, 2.45) is 5.92 Å². The van der Waals surface area contributed by atoms with Gasteiger partial charge in [0.2, 0.25) is 0 Å². The molecule has 0 spiro atoms. The quantitative estimate of drug-likeness (QED) is 0.460. The van der Waals surface area contributed by atoms with Gasteiger partial charge in [-0.3, -0.25) is 0 Å². The minimum atomic E-state index is -0.246. The fourth-order valence-electron chi connectivity index (χ4n) is 1.47. The molecule has 0 amide bonds. The first-order chi connectivity index (χ1) is 7.47. The molecule has 0 saturated heterocycles. The predicted octanol–water partition coefficient (Wildman–Crippen LogP) is 4.10. The lowest BCUT2D eigenvalue weighted by Gasteiger charge is -2.18. The molecule has 0 aromatic rings. The average Bonchev–Trinajstić information content (AvgIpc) is 2.21. The molecule has 0 aromatic heterocycles. The number of carbonyl (C=O) groups is 1. The van der Waals surface area contributed by atoms with Gasteiger partial charge in [-0.15, -0.1) is 0 Å². The molecule has 0 radical (unpaired) electrons. The van der Waals surface area contributed by atoms with Crippen molar-refractivity contribution >= 4 is 5.97 Å². The largest absolute Gasteiger partial charge is 0.459 e. The van der Waals surface area contributed by atoms with E-state index in [1.165, 1.54) is 0 Å². The van der Waals surface area contributed by atoms with E-state index in [-0.39, 0.29) is 12.1 Å². The highest BCUT2D eigenvalue weighted by Crippen LogP contribution is 2.16. The molecule has 2 nitrogen and oxygen atoms in total. The second-order valence-corrected chi connectivity index (χ2v) is 4.92. The third-order valence-electron chi connectivity index (χ3n) is 2.57. The molecule has 0 saturated carbocycles. The SMILES string of the molecule is C=C(C)C(=O)OC(CCCC)CCC(C)C. The molecule has 0 rings (SSSR count). The summed E-state index contributed by atoms with van der Waals surface area (Å²) in [5, 5.41) is 0. The van der Waals surface area contributed by atoms with Gasteiger partial charge in [-0.25, -0.2) is 4.79 Å².